The zero-order valence-electron chi connectivity index (χ0n) is 16.1. The Bertz CT molecular complexity index is 864. The Labute approximate surface area is 164 Å². The quantitative estimate of drug-likeness (QED) is 0.716. The summed E-state index contributed by atoms with van der Waals surface area (Å²) in [5.74, 6) is 0.515. The van der Waals surface area contributed by atoms with E-state index in [9.17, 15) is 14.7 Å². The van der Waals surface area contributed by atoms with Crippen LogP contribution < -0.4 is 14.8 Å². The number of benzene rings is 2. The van der Waals surface area contributed by atoms with Crippen LogP contribution in [0.15, 0.2) is 48.5 Å². The summed E-state index contributed by atoms with van der Waals surface area (Å²) < 4.78 is 10.3. The zero-order valence-corrected chi connectivity index (χ0v) is 16.1. The first-order chi connectivity index (χ1) is 13.4. The summed E-state index contributed by atoms with van der Waals surface area (Å²) in [5.41, 5.74) is 1.52. The normalized spacial score (nSPS) is 10.5. The van der Waals surface area contributed by atoms with Gasteiger partial charge in [-0.25, -0.2) is 4.79 Å². The van der Waals surface area contributed by atoms with Crippen molar-refractivity contribution in [2.75, 3.05) is 20.7 Å². The van der Waals surface area contributed by atoms with E-state index in [2.05, 4.69) is 5.32 Å². The van der Waals surface area contributed by atoms with Crippen molar-refractivity contribution in [1.82, 2.24) is 10.2 Å². The third-order valence-corrected chi connectivity index (χ3v) is 3.99. The number of carbonyl (C=O) groups is 2. The van der Waals surface area contributed by atoms with Gasteiger partial charge >= 0.3 is 6.09 Å². The highest BCUT2D eigenvalue weighted by atomic mass is 16.6. The molecule has 2 amide bonds. The number of hydrogen-bond donors (Lipinski definition) is 2. The predicted octanol–water partition coefficient (Wildman–Crippen LogP) is 3.18. The lowest BCUT2D eigenvalue weighted by atomic mass is 10.2. The summed E-state index contributed by atoms with van der Waals surface area (Å²) in [6.45, 7) is 2.69. The number of nitrogens with zero attached hydrogens (tertiary/aromatic N) is 1. The Morgan fingerprint density at radius 3 is 2.71 bits per heavy atom. The van der Waals surface area contributed by atoms with Gasteiger partial charge in [0, 0.05) is 26.2 Å². The van der Waals surface area contributed by atoms with Crippen molar-refractivity contribution in [2.45, 2.75) is 13.5 Å². The first kappa shape index (κ1) is 20.8. The van der Waals surface area contributed by atoms with Crippen LogP contribution in [0.1, 0.15) is 18.1 Å². The van der Waals surface area contributed by atoms with Crippen molar-refractivity contribution < 1.29 is 24.2 Å². The van der Waals surface area contributed by atoms with E-state index in [4.69, 9.17) is 9.47 Å². The molecule has 0 saturated carbocycles. The van der Waals surface area contributed by atoms with Crippen LogP contribution in [0, 0.1) is 0 Å². The van der Waals surface area contributed by atoms with Crippen LogP contribution in [0.5, 0.6) is 17.2 Å². The van der Waals surface area contributed by atoms with Gasteiger partial charge in [-0.2, -0.15) is 0 Å². The van der Waals surface area contributed by atoms with E-state index in [1.54, 1.807) is 43.5 Å². The van der Waals surface area contributed by atoms with E-state index in [0.29, 0.717) is 18.0 Å². The Kier molecular flexibility index (Phi) is 7.45. The average Bonchev–Trinajstić information content (AvgIpc) is 2.71. The van der Waals surface area contributed by atoms with Crippen LogP contribution in [0.25, 0.3) is 6.08 Å². The molecule has 0 aliphatic carbocycles. The number of ether oxygens (including phenoxy) is 2. The van der Waals surface area contributed by atoms with Gasteiger partial charge in [0.2, 0.25) is 5.91 Å². The standard InChI is InChI=1S/C21H24N2O5/c1-4-23(2)21(26)28-17-7-5-6-16(12-17)14-22-20(25)11-9-15-8-10-18(24)19(13-15)27-3/h5-13,24H,4,14H2,1-3H3,(H,22,25)/b11-9+. The molecule has 28 heavy (non-hydrogen) atoms. The van der Waals surface area contributed by atoms with Gasteiger partial charge in [0.25, 0.3) is 0 Å². The molecule has 2 N–H and O–H groups in total. The van der Waals surface area contributed by atoms with Crippen molar-refractivity contribution in [2.24, 2.45) is 0 Å². The monoisotopic (exact) mass is 384 g/mol. The van der Waals surface area contributed by atoms with Gasteiger partial charge in [0.15, 0.2) is 11.5 Å². The van der Waals surface area contributed by atoms with E-state index < -0.39 is 6.09 Å². The molecule has 7 heteroatoms. The third kappa shape index (κ3) is 6.05. The molecule has 148 valence electrons. The van der Waals surface area contributed by atoms with Gasteiger partial charge in [-0.1, -0.05) is 18.2 Å². The number of amides is 2. The second kappa shape index (κ2) is 10.0. The Balaban J connectivity index is 1.92. The highest BCUT2D eigenvalue weighted by molar-refractivity contribution is 5.91. The SMILES string of the molecule is CCN(C)C(=O)Oc1cccc(CNC(=O)/C=C/c2ccc(O)c(OC)c2)c1. The summed E-state index contributed by atoms with van der Waals surface area (Å²) in [5, 5.41) is 12.3. The molecule has 0 heterocycles. The van der Waals surface area contributed by atoms with Gasteiger partial charge in [-0.3, -0.25) is 4.79 Å². The molecule has 2 aromatic rings. The maximum atomic E-state index is 12.0. The van der Waals surface area contributed by atoms with Crippen LogP contribution in [0.2, 0.25) is 0 Å². The molecule has 0 saturated heterocycles. The Hall–Kier alpha value is -3.48. The number of hydrogen-bond acceptors (Lipinski definition) is 5. The molecule has 0 atom stereocenters. The molecular weight excluding hydrogens is 360 g/mol. The second-order valence-electron chi connectivity index (χ2n) is 6.01. The van der Waals surface area contributed by atoms with E-state index >= 15 is 0 Å². The molecule has 0 fully saturated rings. The van der Waals surface area contributed by atoms with Crippen molar-refractivity contribution in [3.05, 3.63) is 59.7 Å². The van der Waals surface area contributed by atoms with Crippen LogP contribution >= 0.6 is 0 Å². The molecule has 0 aromatic heterocycles. The number of phenols is 1. The molecular formula is C21H24N2O5. The van der Waals surface area contributed by atoms with E-state index in [1.807, 2.05) is 13.0 Å². The summed E-state index contributed by atoms with van der Waals surface area (Å²) in [7, 11) is 3.11. The van der Waals surface area contributed by atoms with Gasteiger partial charge < -0.3 is 24.8 Å². The fourth-order valence-corrected chi connectivity index (χ4v) is 2.24. The summed E-state index contributed by atoms with van der Waals surface area (Å²) in [4.78, 5) is 25.3. The molecule has 2 aromatic carbocycles. The predicted molar refractivity (Wildman–Crippen MR) is 106 cm³/mol. The molecule has 0 unspecified atom stereocenters. The first-order valence-corrected chi connectivity index (χ1v) is 8.77. The minimum absolute atomic E-state index is 0.0369. The van der Waals surface area contributed by atoms with E-state index in [1.165, 1.54) is 24.2 Å². The van der Waals surface area contributed by atoms with E-state index in [-0.39, 0.29) is 18.2 Å². The summed E-state index contributed by atoms with van der Waals surface area (Å²) >= 11 is 0. The van der Waals surface area contributed by atoms with Gasteiger partial charge in [0.05, 0.1) is 7.11 Å². The first-order valence-electron chi connectivity index (χ1n) is 8.77. The van der Waals surface area contributed by atoms with Gasteiger partial charge in [-0.15, -0.1) is 0 Å². The number of aromatic hydroxyl groups is 1. The van der Waals surface area contributed by atoms with E-state index in [0.717, 1.165) is 11.1 Å². The number of rotatable bonds is 7. The fraction of sp³-hybridized carbons (Fsp3) is 0.238. The molecule has 7 nitrogen and oxygen atoms in total. The molecule has 0 spiro atoms. The van der Waals surface area contributed by atoms with Crippen molar-refractivity contribution in [3.8, 4) is 17.2 Å². The molecule has 0 bridgehead atoms. The number of carbonyl (C=O) groups excluding carboxylic acids is 2. The zero-order chi connectivity index (χ0) is 20.5. The Morgan fingerprint density at radius 1 is 1.21 bits per heavy atom. The van der Waals surface area contributed by atoms with Crippen molar-refractivity contribution in [3.63, 3.8) is 0 Å². The maximum absolute atomic E-state index is 12.0. The van der Waals surface area contributed by atoms with Crippen molar-refractivity contribution >= 4 is 18.1 Å². The van der Waals surface area contributed by atoms with Crippen LogP contribution in [-0.2, 0) is 11.3 Å². The largest absolute Gasteiger partial charge is 0.504 e. The lowest BCUT2D eigenvalue weighted by Gasteiger charge is -2.14. The molecule has 0 aliphatic rings. The highest BCUT2D eigenvalue weighted by Crippen LogP contribution is 2.26. The van der Waals surface area contributed by atoms with Gasteiger partial charge in [-0.05, 0) is 48.4 Å². The highest BCUT2D eigenvalue weighted by Gasteiger charge is 2.09. The average molecular weight is 384 g/mol. The number of nitrogens with one attached hydrogen (secondary N) is 1. The maximum Gasteiger partial charge on any atom is 0.414 e. The smallest absolute Gasteiger partial charge is 0.414 e. The molecule has 0 aliphatic heterocycles. The van der Waals surface area contributed by atoms with Crippen LogP contribution in [0.4, 0.5) is 4.79 Å². The van der Waals surface area contributed by atoms with Gasteiger partial charge in [0.1, 0.15) is 5.75 Å². The topological polar surface area (TPSA) is 88.1 Å². The van der Waals surface area contributed by atoms with Crippen molar-refractivity contribution in [1.29, 1.82) is 0 Å². The number of phenolic OH excluding ortho intramolecular Hbond substituents is 1. The number of methoxy groups -OCH3 is 1. The fourth-order valence-electron chi connectivity index (χ4n) is 2.24. The van der Waals surface area contributed by atoms with Crippen LogP contribution in [-0.4, -0.2) is 42.7 Å². The lowest BCUT2D eigenvalue weighted by Crippen LogP contribution is -2.29. The van der Waals surface area contributed by atoms with Crippen LogP contribution in [0.3, 0.4) is 0 Å². The summed E-state index contributed by atoms with van der Waals surface area (Å²) in [6.07, 6.45) is 2.58. The second-order valence-corrected chi connectivity index (χ2v) is 6.01. The molecule has 2 rings (SSSR count). The molecule has 0 radical (unpaired) electrons. The Morgan fingerprint density at radius 2 is 2.00 bits per heavy atom. The summed E-state index contributed by atoms with van der Waals surface area (Å²) in [6, 6.07) is 11.8. The lowest BCUT2D eigenvalue weighted by molar-refractivity contribution is -0.116. The third-order valence-electron chi connectivity index (χ3n) is 3.99. The minimum atomic E-state index is -0.434. The minimum Gasteiger partial charge on any atom is -0.504 e.